The molecule has 0 aliphatic heterocycles. The molecule has 1 aromatic heterocycles. The quantitative estimate of drug-likeness (QED) is 0.594. The van der Waals surface area contributed by atoms with Crippen LogP contribution < -0.4 is 4.57 Å². The highest BCUT2D eigenvalue weighted by Gasteiger charge is 2.11. The summed E-state index contributed by atoms with van der Waals surface area (Å²) in [5.41, 5.74) is 3.68. The van der Waals surface area contributed by atoms with Crippen molar-refractivity contribution in [2.75, 3.05) is 0 Å². The Kier molecular flexibility index (Phi) is 2.89. The Morgan fingerprint density at radius 2 is 1.17 bits per heavy atom. The molecule has 0 fully saturated rings. The third-order valence-electron chi connectivity index (χ3n) is 2.98. The van der Waals surface area contributed by atoms with Crippen molar-refractivity contribution in [2.45, 2.75) is 0 Å². The van der Waals surface area contributed by atoms with Gasteiger partial charge in [-0.05, 0) is 11.6 Å². The van der Waals surface area contributed by atoms with Crippen LogP contribution in [0.25, 0.3) is 16.8 Å². The zero-order valence-corrected chi connectivity index (χ0v) is 10.0. The minimum absolute atomic E-state index is 1.20. The van der Waals surface area contributed by atoms with Gasteiger partial charge < -0.3 is 0 Å². The molecule has 0 amide bonds. The van der Waals surface area contributed by atoms with Gasteiger partial charge in [0.15, 0.2) is 12.4 Å². The van der Waals surface area contributed by atoms with Gasteiger partial charge in [-0.25, -0.2) is 0 Å². The number of benzene rings is 2. The van der Waals surface area contributed by atoms with E-state index < -0.39 is 0 Å². The summed E-state index contributed by atoms with van der Waals surface area (Å²) in [5.74, 6) is 0. The number of hydrogen-bond donors (Lipinski definition) is 0. The molecule has 3 aromatic rings. The molecule has 1 nitrogen and oxygen atoms in total. The van der Waals surface area contributed by atoms with Gasteiger partial charge in [-0.2, -0.15) is 4.57 Å². The lowest BCUT2D eigenvalue weighted by molar-refractivity contribution is -0.595. The van der Waals surface area contributed by atoms with Gasteiger partial charge in [-0.1, -0.05) is 48.5 Å². The van der Waals surface area contributed by atoms with Crippen LogP contribution in [0.4, 0.5) is 0 Å². The normalized spacial score (nSPS) is 10.2. The fraction of sp³-hybridized carbons (Fsp3) is 0. The molecule has 0 unspecified atom stereocenters. The van der Waals surface area contributed by atoms with Gasteiger partial charge in [-0.15, -0.1) is 0 Å². The fourth-order valence-corrected chi connectivity index (χ4v) is 2.12. The largest absolute Gasteiger partial charge is 0.218 e. The number of para-hydroxylation sites is 1. The summed E-state index contributed by atoms with van der Waals surface area (Å²) in [4.78, 5) is 0. The van der Waals surface area contributed by atoms with Crippen LogP contribution in [0.5, 0.6) is 0 Å². The smallest absolute Gasteiger partial charge is 0.167 e. The topological polar surface area (TPSA) is 3.88 Å². The molecule has 3 rings (SSSR count). The first kappa shape index (κ1) is 10.7. The van der Waals surface area contributed by atoms with Gasteiger partial charge in [-0.3, -0.25) is 0 Å². The third-order valence-corrected chi connectivity index (χ3v) is 2.98. The molecule has 0 saturated carbocycles. The maximum absolute atomic E-state index is 2.16. The Bertz CT molecular complexity index is 572. The summed E-state index contributed by atoms with van der Waals surface area (Å²) in [5, 5.41) is 0. The van der Waals surface area contributed by atoms with E-state index in [2.05, 4.69) is 65.5 Å². The predicted octanol–water partition coefficient (Wildman–Crippen LogP) is 3.63. The fourth-order valence-electron chi connectivity index (χ4n) is 2.12. The average molecular weight is 232 g/mol. The second-order valence-electron chi connectivity index (χ2n) is 4.17. The van der Waals surface area contributed by atoms with Gasteiger partial charge >= 0.3 is 0 Å². The highest BCUT2D eigenvalue weighted by atomic mass is 14.9. The molecular formula is C17H14N+. The molecule has 0 N–H and O–H groups in total. The number of rotatable bonds is 2. The van der Waals surface area contributed by atoms with Crippen LogP contribution in [-0.4, -0.2) is 0 Å². The molecule has 0 aliphatic rings. The molecule has 0 atom stereocenters. The van der Waals surface area contributed by atoms with Crippen molar-refractivity contribution in [1.29, 1.82) is 0 Å². The van der Waals surface area contributed by atoms with Gasteiger partial charge in [0.1, 0.15) is 0 Å². The maximum Gasteiger partial charge on any atom is 0.218 e. The summed E-state index contributed by atoms with van der Waals surface area (Å²) >= 11 is 0. The van der Waals surface area contributed by atoms with E-state index in [1.807, 2.05) is 24.3 Å². The van der Waals surface area contributed by atoms with E-state index in [-0.39, 0.29) is 0 Å². The predicted molar refractivity (Wildman–Crippen MR) is 73.4 cm³/mol. The molecule has 0 radical (unpaired) electrons. The molecule has 0 bridgehead atoms. The first-order valence-electron chi connectivity index (χ1n) is 6.06. The van der Waals surface area contributed by atoms with Gasteiger partial charge in [0, 0.05) is 18.2 Å². The first-order chi connectivity index (χ1) is 8.95. The van der Waals surface area contributed by atoms with Gasteiger partial charge in [0.2, 0.25) is 5.69 Å². The first-order valence-corrected chi connectivity index (χ1v) is 6.06. The van der Waals surface area contributed by atoms with E-state index in [0.717, 1.165) is 0 Å². The van der Waals surface area contributed by atoms with Crippen molar-refractivity contribution in [3.8, 4) is 16.8 Å². The third kappa shape index (κ3) is 2.03. The summed E-state index contributed by atoms with van der Waals surface area (Å²) in [7, 11) is 0. The van der Waals surface area contributed by atoms with E-state index >= 15 is 0 Å². The van der Waals surface area contributed by atoms with Crippen LogP contribution in [0.1, 0.15) is 0 Å². The van der Waals surface area contributed by atoms with E-state index in [9.17, 15) is 0 Å². The summed E-state index contributed by atoms with van der Waals surface area (Å²) in [6.07, 6.45) is 4.14. The zero-order chi connectivity index (χ0) is 12.2. The molecular weight excluding hydrogens is 218 g/mol. The van der Waals surface area contributed by atoms with Crippen LogP contribution in [-0.2, 0) is 0 Å². The Hall–Kier alpha value is -2.41. The molecule has 0 aliphatic carbocycles. The number of nitrogens with zero attached hydrogens (tertiary/aromatic N) is 1. The van der Waals surface area contributed by atoms with Crippen LogP contribution in [0.2, 0.25) is 0 Å². The highest BCUT2D eigenvalue weighted by Crippen LogP contribution is 2.22. The van der Waals surface area contributed by atoms with Crippen molar-refractivity contribution < 1.29 is 4.57 Å². The number of hydrogen-bond acceptors (Lipinski definition) is 0. The standard InChI is InChI=1S/C17H14N/c1-3-9-15(10-4-1)16-11-5-6-12-17(16)18-13-7-2-8-14-18/h1-14H/q+1. The lowest BCUT2D eigenvalue weighted by Crippen LogP contribution is -2.29. The van der Waals surface area contributed by atoms with Crippen molar-refractivity contribution in [2.24, 2.45) is 0 Å². The van der Waals surface area contributed by atoms with Crippen LogP contribution in [0.3, 0.4) is 0 Å². The van der Waals surface area contributed by atoms with E-state index in [4.69, 9.17) is 0 Å². The van der Waals surface area contributed by atoms with Crippen LogP contribution in [0.15, 0.2) is 85.2 Å². The van der Waals surface area contributed by atoms with E-state index in [1.165, 1.54) is 16.8 Å². The molecule has 1 heterocycles. The monoisotopic (exact) mass is 232 g/mol. The summed E-state index contributed by atoms with van der Waals surface area (Å²) in [6, 6.07) is 25.0. The lowest BCUT2D eigenvalue weighted by atomic mass is 10.0. The number of aromatic nitrogens is 1. The minimum Gasteiger partial charge on any atom is -0.167 e. The van der Waals surface area contributed by atoms with Crippen molar-refractivity contribution in [3.05, 3.63) is 85.2 Å². The molecule has 0 spiro atoms. The van der Waals surface area contributed by atoms with E-state index in [0.29, 0.717) is 0 Å². The zero-order valence-electron chi connectivity index (χ0n) is 10.0. The Labute approximate surface area is 107 Å². The van der Waals surface area contributed by atoms with Gasteiger partial charge in [0.25, 0.3) is 0 Å². The second-order valence-corrected chi connectivity index (χ2v) is 4.17. The highest BCUT2D eigenvalue weighted by molar-refractivity contribution is 5.70. The molecule has 0 saturated heterocycles. The summed E-state index contributed by atoms with van der Waals surface area (Å²) in [6.45, 7) is 0. The van der Waals surface area contributed by atoms with Crippen molar-refractivity contribution >= 4 is 0 Å². The Morgan fingerprint density at radius 1 is 0.556 bits per heavy atom. The summed E-state index contributed by atoms with van der Waals surface area (Å²) < 4.78 is 2.14. The molecule has 18 heavy (non-hydrogen) atoms. The van der Waals surface area contributed by atoms with Crippen molar-refractivity contribution in [3.63, 3.8) is 0 Å². The van der Waals surface area contributed by atoms with Crippen LogP contribution in [0, 0.1) is 0 Å². The molecule has 1 heteroatoms. The Morgan fingerprint density at radius 3 is 1.94 bits per heavy atom. The minimum atomic E-state index is 1.20. The molecule has 2 aromatic carbocycles. The molecule has 86 valence electrons. The average Bonchev–Trinajstić information content (AvgIpc) is 2.49. The SMILES string of the molecule is c1ccc(-c2ccccc2-[n+]2ccccc2)cc1. The van der Waals surface area contributed by atoms with Gasteiger partial charge in [0.05, 0.1) is 5.56 Å². The Balaban J connectivity index is 2.18. The second kappa shape index (κ2) is 4.84. The van der Waals surface area contributed by atoms with Crippen LogP contribution >= 0.6 is 0 Å². The maximum atomic E-state index is 2.16. The lowest BCUT2D eigenvalue weighted by Gasteiger charge is -2.04. The number of pyridine rings is 1. The van der Waals surface area contributed by atoms with E-state index in [1.54, 1.807) is 0 Å². The van der Waals surface area contributed by atoms with Crippen molar-refractivity contribution in [1.82, 2.24) is 0 Å².